The molecule has 0 aliphatic heterocycles. The summed E-state index contributed by atoms with van der Waals surface area (Å²) in [5, 5.41) is 11.4. The van der Waals surface area contributed by atoms with Gasteiger partial charge in [-0.1, -0.05) is 69.5 Å². The Bertz CT molecular complexity index is 1070. The topological polar surface area (TPSA) is 96.3 Å². The van der Waals surface area contributed by atoms with Crippen LogP contribution in [0.15, 0.2) is 65.6 Å². The molecule has 10 heteroatoms. The number of allylic oxidation sites excluding steroid dienone is 1. The third kappa shape index (κ3) is 8.86. The van der Waals surface area contributed by atoms with E-state index in [9.17, 15) is 22.0 Å². The van der Waals surface area contributed by atoms with Crippen molar-refractivity contribution >= 4 is 29.4 Å². The molecule has 0 spiro atoms. The van der Waals surface area contributed by atoms with Gasteiger partial charge in [0.2, 0.25) is 0 Å². The van der Waals surface area contributed by atoms with E-state index >= 15 is 0 Å². The third-order valence-electron chi connectivity index (χ3n) is 4.32. The summed E-state index contributed by atoms with van der Waals surface area (Å²) >= 11 is 0. The lowest BCUT2D eigenvalue weighted by Gasteiger charge is -2.31. The highest BCUT2D eigenvalue weighted by atomic mass is 32.2. The van der Waals surface area contributed by atoms with Gasteiger partial charge in [0, 0.05) is 11.8 Å². The highest BCUT2D eigenvalue weighted by Crippen LogP contribution is 2.30. The van der Waals surface area contributed by atoms with Crippen LogP contribution in [0.4, 0.5) is 13.6 Å². The number of carbonyl (C=O) groups is 1. The maximum Gasteiger partial charge on any atom is 0.408 e. The monoisotopic (exact) mass is 500 g/mol. The van der Waals surface area contributed by atoms with Crippen LogP contribution >= 0.6 is 13.5 Å². The van der Waals surface area contributed by atoms with Crippen LogP contribution in [-0.4, -0.2) is 27.4 Å². The summed E-state index contributed by atoms with van der Waals surface area (Å²) in [6.45, 7) is -1.37. The quantitative estimate of drug-likeness (QED) is 0.506. The molecule has 0 aromatic heterocycles. The fraction of sp³-hybridized carbons (Fsp3) is 0.304. The Kier molecular flexibility index (Phi) is 14.0. The molecule has 182 valence electrons. The van der Waals surface area contributed by atoms with E-state index in [1.54, 1.807) is 30.3 Å². The number of hydrogen-bond acceptors (Lipinski definition) is 5. The number of halogens is 2. The molecule has 33 heavy (non-hydrogen) atoms. The van der Waals surface area contributed by atoms with Gasteiger partial charge in [0.05, 0.1) is 0 Å². The Morgan fingerprint density at radius 2 is 1.73 bits per heavy atom. The number of alkyl halides is 1. The Morgan fingerprint density at radius 1 is 1.15 bits per heavy atom. The second kappa shape index (κ2) is 14.3. The van der Waals surface area contributed by atoms with Crippen molar-refractivity contribution in [2.75, 3.05) is 12.9 Å². The molecule has 0 fully saturated rings. The summed E-state index contributed by atoms with van der Waals surface area (Å²) in [5.74, 6) is -0.801. The van der Waals surface area contributed by atoms with E-state index < -0.39 is 45.3 Å². The molecule has 1 atom stereocenters. The van der Waals surface area contributed by atoms with Gasteiger partial charge in [0.25, 0.3) is 0 Å². The van der Waals surface area contributed by atoms with Crippen molar-refractivity contribution < 1.29 is 26.7 Å². The SMILES string of the molecule is C.C.CS(=O)(=O)/C(C#N)=C/C[C@](CF)(NC(=O)OCc1ccccc1)c1ccccc1F.S. The van der Waals surface area contributed by atoms with E-state index in [1.807, 2.05) is 0 Å². The Balaban J connectivity index is 0. The van der Waals surface area contributed by atoms with Crippen molar-refractivity contribution in [1.82, 2.24) is 5.32 Å². The van der Waals surface area contributed by atoms with Gasteiger partial charge in [-0.2, -0.15) is 18.8 Å². The van der Waals surface area contributed by atoms with Gasteiger partial charge >= 0.3 is 6.09 Å². The Hall–Kier alpha value is -2.90. The van der Waals surface area contributed by atoms with Gasteiger partial charge in [0.1, 0.15) is 35.6 Å². The standard InChI is InChI=1S/C21H20F2N2O4S.2CH4.H2S/c1-30(27,28)17(13-24)11-12-21(15-22,18-9-5-6-10-19(18)23)25-20(26)29-14-16-7-3-2-4-8-16;;;/h2-11H,12,14-15H2,1H3,(H,25,26);2*1H4;1H2/b17-11+;;;/t21-;;;/m1.../s1. The van der Waals surface area contributed by atoms with Crippen molar-refractivity contribution in [2.45, 2.75) is 33.4 Å². The molecular weight excluding hydrogens is 470 g/mol. The van der Waals surface area contributed by atoms with Crippen LogP contribution in [0.25, 0.3) is 0 Å². The number of nitrogens with one attached hydrogen (secondary N) is 1. The molecule has 0 unspecified atom stereocenters. The van der Waals surface area contributed by atoms with Gasteiger partial charge < -0.3 is 10.1 Å². The molecule has 0 heterocycles. The minimum atomic E-state index is -3.87. The first kappa shape index (κ1) is 32.3. The average Bonchev–Trinajstić information content (AvgIpc) is 2.72. The summed E-state index contributed by atoms with van der Waals surface area (Å²) in [6.07, 6.45) is 0.273. The first-order valence-electron chi connectivity index (χ1n) is 8.82. The molecule has 0 aliphatic rings. The summed E-state index contributed by atoms with van der Waals surface area (Å²) < 4.78 is 57.2. The number of rotatable bonds is 8. The van der Waals surface area contributed by atoms with Crippen LogP contribution in [0.1, 0.15) is 32.4 Å². The normalized spacial score (nSPS) is 12.5. The largest absolute Gasteiger partial charge is 0.445 e. The van der Waals surface area contributed by atoms with Crippen LogP contribution in [-0.2, 0) is 26.7 Å². The molecule has 1 N–H and O–H groups in total. The maximum atomic E-state index is 14.5. The zero-order chi connectivity index (χ0) is 22.2. The molecule has 2 aromatic rings. The van der Waals surface area contributed by atoms with Crippen molar-refractivity contribution in [1.29, 1.82) is 5.26 Å². The average molecular weight is 501 g/mol. The molecule has 0 radical (unpaired) electrons. The van der Waals surface area contributed by atoms with Crippen LogP contribution < -0.4 is 5.32 Å². The Morgan fingerprint density at radius 3 is 2.24 bits per heavy atom. The number of hydrogen-bond donors (Lipinski definition) is 1. The van der Waals surface area contributed by atoms with Gasteiger partial charge in [-0.3, -0.25) is 0 Å². The highest BCUT2D eigenvalue weighted by molar-refractivity contribution is 7.94. The number of alkyl carbamates (subject to hydrolysis) is 1. The number of nitrogens with zero attached hydrogens (tertiary/aromatic N) is 1. The van der Waals surface area contributed by atoms with E-state index in [2.05, 4.69) is 5.32 Å². The maximum absolute atomic E-state index is 14.5. The van der Waals surface area contributed by atoms with Crippen molar-refractivity contribution in [3.8, 4) is 6.07 Å². The summed E-state index contributed by atoms with van der Waals surface area (Å²) in [6, 6.07) is 15.5. The summed E-state index contributed by atoms with van der Waals surface area (Å²) in [7, 11) is -3.87. The van der Waals surface area contributed by atoms with Gasteiger partial charge in [-0.15, -0.1) is 0 Å². The fourth-order valence-corrected chi connectivity index (χ4v) is 3.29. The number of sulfone groups is 1. The molecule has 0 aliphatic carbocycles. The molecule has 2 rings (SSSR count). The zero-order valence-corrected chi connectivity index (χ0v) is 18.5. The molecule has 2 aromatic carbocycles. The lowest BCUT2D eigenvalue weighted by atomic mass is 9.87. The second-order valence-electron chi connectivity index (χ2n) is 6.54. The first-order valence-corrected chi connectivity index (χ1v) is 10.7. The minimum absolute atomic E-state index is 0. The Labute approximate surface area is 201 Å². The lowest BCUT2D eigenvalue weighted by molar-refractivity contribution is 0.119. The van der Waals surface area contributed by atoms with Gasteiger partial charge in [-0.05, 0) is 18.1 Å². The van der Waals surface area contributed by atoms with E-state index in [1.165, 1.54) is 24.3 Å². The molecular formula is C23H30F2N2O4S2. The van der Waals surface area contributed by atoms with E-state index in [4.69, 9.17) is 10.00 Å². The number of amides is 1. The number of carbonyl (C=O) groups excluding carboxylic acids is 1. The minimum Gasteiger partial charge on any atom is -0.445 e. The predicted molar refractivity (Wildman–Crippen MR) is 131 cm³/mol. The highest BCUT2D eigenvalue weighted by Gasteiger charge is 2.37. The number of nitriles is 1. The molecule has 0 saturated carbocycles. The van der Waals surface area contributed by atoms with Crippen LogP contribution in [0, 0.1) is 17.1 Å². The van der Waals surface area contributed by atoms with E-state index in [0.717, 1.165) is 18.4 Å². The van der Waals surface area contributed by atoms with Crippen LogP contribution in [0.5, 0.6) is 0 Å². The van der Waals surface area contributed by atoms with Crippen molar-refractivity contribution in [3.05, 3.63) is 82.5 Å². The lowest BCUT2D eigenvalue weighted by Crippen LogP contribution is -2.48. The van der Waals surface area contributed by atoms with E-state index in [0.29, 0.717) is 5.56 Å². The zero-order valence-electron chi connectivity index (χ0n) is 16.6. The second-order valence-corrected chi connectivity index (χ2v) is 8.52. The molecule has 6 nitrogen and oxygen atoms in total. The number of ether oxygens (including phenoxy) is 1. The van der Waals surface area contributed by atoms with E-state index in [-0.39, 0.29) is 40.5 Å². The van der Waals surface area contributed by atoms with Gasteiger partial charge in [0.15, 0.2) is 9.84 Å². The van der Waals surface area contributed by atoms with Crippen LogP contribution in [0.2, 0.25) is 0 Å². The predicted octanol–water partition coefficient (Wildman–Crippen LogP) is 5.14. The van der Waals surface area contributed by atoms with Crippen LogP contribution in [0.3, 0.4) is 0 Å². The molecule has 0 bridgehead atoms. The molecule has 1 amide bonds. The first-order chi connectivity index (χ1) is 14.2. The summed E-state index contributed by atoms with van der Waals surface area (Å²) in [5.41, 5.74) is -1.48. The van der Waals surface area contributed by atoms with Crippen molar-refractivity contribution in [2.24, 2.45) is 0 Å². The van der Waals surface area contributed by atoms with Crippen molar-refractivity contribution in [3.63, 3.8) is 0 Å². The van der Waals surface area contributed by atoms with Gasteiger partial charge in [-0.25, -0.2) is 22.0 Å². The number of benzene rings is 2. The summed E-state index contributed by atoms with van der Waals surface area (Å²) in [4.78, 5) is 11.7. The molecule has 0 saturated heterocycles. The smallest absolute Gasteiger partial charge is 0.408 e. The third-order valence-corrected chi connectivity index (χ3v) is 5.37. The fourth-order valence-electron chi connectivity index (χ4n) is 2.74.